The molecule has 0 aliphatic rings. The molecule has 0 aliphatic heterocycles. The SMILES string of the molecule is CC[C@H](C)Nc1cc(C(=O)O)cc(C(C)=O)n1. The number of anilines is 1. The second-order valence-corrected chi connectivity index (χ2v) is 3.94. The lowest BCUT2D eigenvalue weighted by Gasteiger charge is -2.13. The number of hydrogen-bond acceptors (Lipinski definition) is 4. The van der Waals surface area contributed by atoms with Crippen LogP contribution in [0.5, 0.6) is 0 Å². The summed E-state index contributed by atoms with van der Waals surface area (Å²) in [5.41, 5.74) is 0.228. The number of aromatic carboxylic acids is 1. The molecule has 0 spiro atoms. The van der Waals surface area contributed by atoms with Crippen LogP contribution in [0.3, 0.4) is 0 Å². The number of carbonyl (C=O) groups is 2. The lowest BCUT2D eigenvalue weighted by atomic mass is 10.1. The Morgan fingerprint density at radius 2 is 2.12 bits per heavy atom. The summed E-state index contributed by atoms with van der Waals surface area (Å²) in [6, 6.07) is 2.89. The summed E-state index contributed by atoms with van der Waals surface area (Å²) in [5.74, 6) is -0.896. The van der Waals surface area contributed by atoms with Crippen LogP contribution in [-0.4, -0.2) is 27.9 Å². The fraction of sp³-hybridized carbons (Fsp3) is 0.417. The van der Waals surface area contributed by atoms with E-state index in [2.05, 4.69) is 10.3 Å². The van der Waals surface area contributed by atoms with Crippen LogP contribution in [0.4, 0.5) is 5.82 Å². The zero-order chi connectivity index (χ0) is 13.0. The maximum absolute atomic E-state index is 11.2. The van der Waals surface area contributed by atoms with Crippen molar-refractivity contribution in [3.8, 4) is 0 Å². The Bertz CT molecular complexity index is 411. The lowest BCUT2D eigenvalue weighted by molar-refractivity contribution is 0.0697. The number of nitrogens with one attached hydrogen (secondary N) is 1. The first-order valence-electron chi connectivity index (χ1n) is 5.47. The highest BCUT2D eigenvalue weighted by atomic mass is 16.4. The maximum atomic E-state index is 11.2. The molecule has 1 heterocycles. The molecule has 0 amide bonds. The van der Waals surface area contributed by atoms with Gasteiger partial charge in [-0.3, -0.25) is 4.79 Å². The van der Waals surface area contributed by atoms with Gasteiger partial charge in [-0.15, -0.1) is 0 Å². The highest BCUT2D eigenvalue weighted by Gasteiger charge is 2.12. The fourth-order valence-corrected chi connectivity index (χ4v) is 1.26. The van der Waals surface area contributed by atoms with E-state index in [1.54, 1.807) is 0 Å². The molecule has 0 saturated heterocycles. The van der Waals surface area contributed by atoms with Crippen molar-refractivity contribution in [3.05, 3.63) is 23.4 Å². The lowest BCUT2D eigenvalue weighted by Crippen LogP contribution is -2.16. The van der Waals surface area contributed by atoms with Crippen LogP contribution in [0.25, 0.3) is 0 Å². The summed E-state index contributed by atoms with van der Waals surface area (Å²) in [5, 5.41) is 12.0. The first-order valence-corrected chi connectivity index (χ1v) is 5.47. The molecule has 0 aliphatic carbocycles. The first-order chi connectivity index (χ1) is 7.93. The van der Waals surface area contributed by atoms with Gasteiger partial charge in [0.15, 0.2) is 5.78 Å². The first kappa shape index (κ1) is 13.2. The standard InChI is InChI=1S/C12H16N2O3/c1-4-7(2)13-11-6-9(12(16)17)5-10(14-11)8(3)15/h5-7H,4H2,1-3H3,(H,13,14)(H,16,17)/t7-/m0/s1. The van der Waals surface area contributed by atoms with Gasteiger partial charge >= 0.3 is 5.97 Å². The van der Waals surface area contributed by atoms with Crippen molar-refractivity contribution in [2.45, 2.75) is 33.2 Å². The molecule has 5 nitrogen and oxygen atoms in total. The molecule has 1 aromatic heterocycles. The third kappa shape index (κ3) is 3.55. The van der Waals surface area contributed by atoms with Crippen molar-refractivity contribution in [1.82, 2.24) is 4.98 Å². The van der Waals surface area contributed by atoms with Gasteiger partial charge < -0.3 is 10.4 Å². The highest BCUT2D eigenvalue weighted by molar-refractivity contribution is 5.96. The molecule has 0 aromatic carbocycles. The molecule has 5 heteroatoms. The second-order valence-electron chi connectivity index (χ2n) is 3.94. The Hall–Kier alpha value is -1.91. The van der Waals surface area contributed by atoms with Gasteiger partial charge in [0.05, 0.1) is 5.56 Å². The Labute approximate surface area is 99.9 Å². The minimum Gasteiger partial charge on any atom is -0.478 e. The van der Waals surface area contributed by atoms with Crippen LogP contribution >= 0.6 is 0 Å². The van der Waals surface area contributed by atoms with Crippen LogP contribution in [-0.2, 0) is 0 Å². The average Bonchev–Trinajstić information content (AvgIpc) is 2.28. The van der Waals surface area contributed by atoms with Crippen LogP contribution < -0.4 is 5.32 Å². The van der Waals surface area contributed by atoms with E-state index >= 15 is 0 Å². The smallest absolute Gasteiger partial charge is 0.335 e. The van der Waals surface area contributed by atoms with Gasteiger partial charge in [0.1, 0.15) is 11.5 Å². The van der Waals surface area contributed by atoms with Crippen molar-refractivity contribution in [2.24, 2.45) is 0 Å². The topological polar surface area (TPSA) is 79.3 Å². The number of aromatic nitrogens is 1. The number of rotatable bonds is 5. The molecule has 0 bridgehead atoms. The van der Waals surface area contributed by atoms with Crippen molar-refractivity contribution < 1.29 is 14.7 Å². The second kappa shape index (κ2) is 5.43. The van der Waals surface area contributed by atoms with E-state index in [1.807, 2.05) is 13.8 Å². The summed E-state index contributed by atoms with van der Waals surface area (Å²) >= 11 is 0. The van der Waals surface area contributed by atoms with E-state index in [9.17, 15) is 9.59 Å². The zero-order valence-corrected chi connectivity index (χ0v) is 10.2. The molecule has 1 aromatic rings. The van der Waals surface area contributed by atoms with Crippen molar-refractivity contribution in [3.63, 3.8) is 0 Å². The van der Waals surface area contributed by atoms with E-state index < -0.39 is 5.97 Å². The number of carboxylic acid groups (broad SMARTS) is 1. The zero-order valence-electron chi connectivity index (χ0n) is 10.2. The van der Waals surface area contributed by atoms with Crippen molar-refractivity contribution >= 4 is 17.6 Å². The van der Waals surface area contributed by atoms with Crippen LogP contribution in [0.2, 0.25) is 0 Å². The monoisotopic (exact) mass is 236 g/mol. The Morgan fingerprint density at radius 3 is 2.59 bits per heavy atom. The molecule has 1 atom stereocenters. The summed E-state index contributed by atoms with van der Waals surface area (Å²) in [7, 11) is 0. The van der Waals surface area contributed by atoms with E-state index in [0.29, 0.717) is 5.82 Å². The molecule has 2 N–H and O–H groups in total. The largest absolute Gasteiger partial charge is 0.478 e. The molecule has 0 saturated carbocycles. The number of carbonyl (C=O) groups excluding carboxylic acids is 1. The van der Waals surface area contributed by atoms with Crippen molar-refractivity contribution in [2.75, 3.05) is 5.32 Å². The van der Waals surface area contributed by atoms with Crippen molar-refractivity contribution in [1.29, 1.82) is 0 Å². The van der Waals surface area contributed by atoms with Gasteiger partial charge in [0, 0.05) is 13.0 Å². The summed E-state index contributed by atoms with van der Waals surface area (Å²) in [6.45, 7) is 5.33. The number of pyridine rings is 1. The van der Waals surface area contributed by atoms with Gasteiger partial charge in [0.25, 0.3) is 0 Å². The van der Waals surface area contributed by atoms with Crippen LogP contribution in [0.15, 0.2) is 12.1 Å². The van der Waals surface area contributed by atoms with E-state index in [4.69, 9.17) is 5.11 Å². The van der Waals surface area contributed by atoms with Gasteiger partial charge in [-0.1, -0.05) is 6.92 Å². The molecule has 17 heavy (non-hydrogen) atoms. The molecule has 92 valence electrons. The number of Topliss-reactive ketones (excluding diaryl/α,β-unsaturated/α-hetero) is 1. The normalized spacial score (nSPS) is 11.9. The highest BCUT2D eigenvalue weighted by Crippen LogP contribution is 2.13. The predicted octanol–water partition coefficient (Wildman–Crippen LogP) is 2.19. The summed E-state index contributed by atoms with van der Waals surface area (Å²) < 4.78 is 0. The minimum atomic E-state index is -1.07. The van der Waals surface area contributed by atoms with E-state index in [1.165, 1.54) is 19.1 Å². The summed E-state index contributed by atoms with van der Waals surface area (Å²) in [6.07, 6.45) is 0.883. The molecule has 1 rings (SSSR count). The number of nitrogens with zero attached hydrogens (tertiary/aromatic N) is 1. The number of ketones is 1. The van der Waals surface area contributed by atoms with E-state index in [0.717, 1.165) is 6.42 Å². The number of carboxylic acids is 1. The molecule has 0 radical (unpaired) electrons. The third-order valence-corrected chi connectivity index (χ3v) is 2.44. The van der Waals surface area contributed by atoms with Gasteiger partial charge in [-0.2, -0.15) is 0 Å². The number of hydrogen-bond donors (Lipinski definition) is 2. The fourth-order valence-electron chi connectivity index (χ4n) is 1.26. The van der Waals surface area contributed by atoms with Gasteiger partial charge in [0.2, 0.25) is 0 Å². The minimum absolute atomic E-state index is 0.0657. The molecule has 0 unspecified atom stereocenters. The van der Waals surface area contributed by atoms with Crippen LogP contribution in [0, 0.1) is 0 Å². The summed E-state index contributed by atoms with van der Waals surface area (Å²) in [4.78, 5) is 26.2. The molecular formula is C12H16N2O3. The molecule has 0 fully saturated rings. The van der Waals surface area contributed by atoms with Gasteiger partial charge in [-0.05, 0) is 25.5 Å². The maximum Gasteiger partial charge on any atom is 0.335 e. The van der Waals surface area contributed by atoms with Crippen LogP contribution in [0.1, 0.15) is 48.0 Å². The van der Waals surface area contributed by atoms with E-state index in [-0.39, 0.29) is 23.1 Å². The quantitative estimate of drug-likeness (QED) is 0.766. The Morgan fingerprint density at radius 1 is 1.47 bits per heavy atom. The predicted molar refractivity (Wildman–Crippen MR) is 64.6 cm³/mol. The average molecular weight is 236 g/mol. The molecular weight excluding hydrogens is 220 g/mol. The third-order valence-electron chi connectivity index (χ3n) is 2.44. The Balaban J connectivity index is 3.12. The Kier molecular flexibility index (Phi) is 4.20. The van der Waals surface area contributed by atoms with Gasteiger partial charge in [-0.25, -0.2) is 9.78 Å².